The lowest BCUT2D eigenvalue weighted by Gasteiger charge is -2.28. The van der Waals surface area contributed by atoms with Crippen molar-refractivity contribution in [2.75, 3.05) is 5.32 Å². The first-order chi connectivity index (χ1) is 14.9. The van der Waals surface area contributed by atoms with E-state index in [2.05, 4.69) is 10.3 Å². The average molecular weight is 436 g/mol. The number of hydrogen-bond donors (Lipinski definition) is 2. The van der Waals surface area contributed by atoms with Gasteiger partial charge in [0.25, 0.3) is 5.91 Å². The summed E-state index contributed by atoms with van der Waals surface area (Å²) in [5.41, 5.74) is 2.22. The monoisotopic (exact) mass is 435 g/mol. The Hall–Kier alpha value is -3.71. The first-order valence-electron chi connectivity index (χ1n) is 9.56. The summed E-state index contributed by atoms with van der Waals surface area (Å²) in [5.74, 6) is -1.70. The predicted molar refractivity (Wildman–Crippen MR) is 115 cm³/mol. The van der Waals surface area contributed by atoms with Crippen LogP contribution in [0.1, 0.15) is 32.0 Å². The quantitative estimate of drug-likeness (QED) is 0.637. The summed E-state index contributed by atoms with van der Waals surface area (Å²) in [6.07, 6.45) is 1.86. The van der Waals surface area contributed by atoms with Gasteiger partial charge in [0.15, 0.2) is 0 Å². The van der Waals surface area contributed by atoms with Crippen molar-refractivity contribution in [2.24, 2.45) is 0 Å². The standard InChI is InChI=1S/C23H18ClN3O4/c24-16-8-9-18-19(11-16)26-21(28)20(12-17-3-1-2-10-25-17)27(22(18)29)13-14-4-6-15(7-5-14)23(30)31/h1-11,20H,12-13H2,(H,26,28)(H,30,31)/t20-/m1/s1. The summed E-state index contributed by atoms with van der Waals surface area (Å²) in [4.78, 5) is 43.5. The number of amides is 2. The van der Waals surface area contributed by atoms with Crippen molar-refractivity contribution in [3.63, 3.8) is 0 Å². The normalized spacial score (nSPS) is 15.8. The Labute approximate surface area is 183 Å². The molecule has 156 valence electrons. The Morgan fingerprint density at radius 3 is 2.55 bits per heavy atom. The van der Waals surface area contributed by atoms with Gasteiger partial charge in [0.1, 0.15) is 6.04 Å². The number of nitrogens with one attached hydrogen (secondary N) is 1. The van der Waals surface area contributed by atoms with Crippen LogP contribution < -0.4 is 5.32 Å². The fraction of sp³-hybridized carbons (Fsp3) is 0.130. The lowest BCUT2D eigenvalue weighted by Crippen LogP contribution is -2.46. The summed E-state index contributed by atoms with van der Waals surface area (Å²) in [6, 6.07) is 15.6. The maximum absolute atomic E-state index is 13.4. The van der Waals surface area contributed by atoms with Crippen LogP contribution in [0.3, 0.4) is 0 Å². The molecule has 1 aromatic heterocycles. The Morgan fingerprint density at radius 1 is 1.10 bits per heavy atom. The molecule has 0 fully saturated rings. The number of aromatic carboxylic acids is 1. The lowest BCUT2D eigenvalue weighted by molar-refractivity contribution is -0.120. The van der Waals surface area contributed by atoms with Crippen LogP contribution in [0.2, 0.25) is 5.02 Å². The molecule has 4 rings (SSSR count). The second-order valence-electron chi connectivity index (χ2n) is 7.16. The van der Waals surface area contributed by atoms with Gasteiger partial charge in [0, 0.05) is 29.9 Å². The maximum Gasteiger partial charge on any atom is 0.335 e. The SMILES string of the molecule is O=C(O)c1ccc(CN2C(=O)c3ccc(Cl)cc3NC(=O)[C@H]2Cc2ccccn2)cc1. The number of carbonyl (C=O) groups is 3. The minimum absolute atomic E-state index is 0.131. The van der Waals surface area contributed by atoms with Crippen molar-refractivity contribution < 1.29 is 19.5 Å². The fourth-order valence-electron chi connectivity index (χ4n) is 3.51. The molecule has 1 aliphatic heterocycles. The molecule has 0 radical (unpaired) electrons. The van der Waals surface area contributed by atoms with E-state index in [0.717, 1.165) is 0 Å². The molecule has 3 aromatic rings. The van der Waals surface area contributed by atoms with Crippen LogP contribution in [0, 0.1) is 0 Å². The number of nitrogens with zero attached hydrogens (tertiary/aromatic N) is 2. The van der Waals surface area contributed by atoms with Crippen molar-refractivity contribution in [1.82, 2.24) is 9.88 Å². The van der Waals surface area contributed by atoms with E-state index in [4.69, 9.17) is 16.7 Å². The molecule has 0 bridgehead atoms. The topological polar surface area (TPSA) is 99.6 Å². The highest BCUT2D eigenvalue weighted by molar-refractivity contribution is 6.31. The van der Waals surface area contributed by atoms with Crippen molar-refractivity contribution >= 4 is 35.1 Å². The van der Waals surface area contributed by atoms with Crippen LogP contribution >= 0.6 is 11.6 Å². The van der Waals surface area contributed by atoms with Gasteiger partial charge in [-0.05, 0) is 48.0 Å². The number of aromatic nitrogens is 1. The number of halogens is 1. The van der Waals surface area contributed by atoms with Crippen LogP contribution in [0.25, 0.3) is 0 Å². The summed E-state index contributed by atoms with van der Waals surface area (Å²) in [7, 11) is 0. The van der Waals surface area contributed by atoms with Crippen molar-refractivity contribution in [3.05, 3.63) is 94.3 Å². The van der Waals surface area contributed by atoms with E-state index in [0.29, 0.717) is 27.5 Å². The number of carboxylic acid groups (broad SMARTS) is 1. The third-order valence-corrected chi connectivity index (χ3v) is 5.33. The third kappa shape index (κ3) is 4.41. The number of fused-ring (bicyclic) bond motifs is 1. The Morgan fingerprint density at radius 2 is 1.87 bits per heavy atom. The molecule has 7 nitrogen and oxygen atoms in total. The minimum atomic E-state index is -1.03. The van der Waals surface area contributed by atoms with Crippen molar-refractivity contribution in [1.29, 1.82) is 0 Å². The smallest absolute Gasteiger partial charge is 0.335 e. The van der Waals surface area contributed by atoms with E-state index in [1.807, 2.05) is 6.07 Å². The van der Waals surface area contributed by atoms with Crippen LogP contribution in [0.4, 0.5) is 5.69 Å². The van der Waals surface area contributed by atoms with E-state index in [-0.39, 0.29) is 30.3 Å². The van der Waals surface area contributed by atoms with E-state index in [1.165, 1.54) is 17.0 Å². The molecule has 2 aromatic carbocycles. The molecule has 0 saturated heterocycles. The first kappa shape index (κ1) is 20.6. The second-order valence-corrected chi connectivity index (χ2v) is 7.59. The number of benzene rings is 2. The van der Waals surface area contributed by atoms with Crippen molar-refractivity contribution in [3.8, 4) is 0 Å². The molecule has 1 aliphatic rings. The van der Waals surface area contributed by atoms with Crippen LogP contribution in [-0.2, 0) is 17.8 Å². The van der Waals surface area contributed by atoms with Crippen LogP contribution in [0.5, 0.6) is 0 Å². The van der Waals surface area contributed by atoms with Gasteiger partial charge in [-0.15, -0.1) is 0 Å². The zero-order valence-electron chi connectivity index (χ0n) is 16.3. The summed E-state index contributed by atoms with van der Waals surface area (Å²) < 4.78 is 0. The minimum Gasteiger partial charge on any atom is -0.478 e. The number of rotatable bonds is 5. The molecule has 0 unspecified atom stereocenters. The van der Waals surface area contributed by atoms with Gasteiger partial charge < -0.3 is 15.3 Å². The molecular formula is C23H18ClN3O4. The molecule has 0 saturated carbocycles. The largest absolute Gasteiger partial charge is 0.478 e. The molecule has 31 heavy (non-hydrogen) atoms. The molecule has 2 amide bonds. The van der Waals surface area contributed by atoms with Gasteiger partial charge in [-0.1, -0.05) is 29.8 Å². The number of hydrogen-bond acceptors (Lipinski definition) is 4. The van der Waals surface area contributed by atoms with Gasteiger partial charge >= 0.3 is 5.97 Å². The summed E-state index contributed by atoms with van der Waals surface area (Å²) in [5, 5.41) is 12.3. The summed E-state index contributed by atoms with van der Waals surface area (Å²) >= 11 is 6.06. The maximum atomic E-state index is 13.4. The molecule has 0 aliphatic carbocycles. The van der Waals surface area contributed by atoms with Gasteiger partial charge in [0.2, 0.25) is 5.91 Å². The number of anilines is 1. The molecule has 1 atom stereocenters. The average Bonchev–Trinajstić information content (AvgIpc) is 2.85. The van der Waals surface area contributed by atoms with Gasteiger partial charge in [0.05, 0.1) is 16.8 Å². The van der Waals surface area contributed by atoms with Crippen molar-refractivity contribution in [2.45, 2.75) is 19.0 Å². The highest BCUT2D eigenvalue weighted by Crippen LogP contribution is 2.28. The molecular weight excluding hydrogens is 418 g/mol. The van der Waals surface area contributed by atoms with Gasteiger partial charge in [-0.25, -0.2) is 4.79 Å². The molecule has 8 heteroatoms. The fourth-order valence-corrected chi connectivity index (χ4v) is 3.68. The summed E-state index contributed by atoms with van der Waals surface area (Å²) in [6.45, 7) is 0.131. The van der Waals surface area contributed by atoms with Crippen LogP contribution in [0.15, 0.2) is 66.9 Å². The Balaban J connectivity index is 1.73. The number of carboxylic acids is 1. The van der Waals surface area contributed by atoms with E-state index in [9.17, 15) is 14.4 Å². The van der Waals surface area contributed by atoms with E-state index >= 15 is 0 Å². The Kier molecular flexibility index (Phi) is 5.68. The Bertz CT molecular complexity index is 1150. The van der Waals surface area contributed by atoms with Gasteiger partial charge in [-0.2, -0.15) is 0 Å². The van der Waals surface area contributed by atoms with E-state index in [1.54, 1.807) is 48.7 Å². The number of carbonyl (C=O) groups excluding carboxylic acids is 2. The van der Waals surface area contributed by atoms with E-state index < -0.39 is 12.0 Å². The predicted octanol–water partition coefficient (Wildman–Crippen LogP) is 3.64. The van der Waals surface area contributed by atoms with Crippen LogP contribution in [-0.4, -0.2) is 38.8 Å². The second kappa shape index (κ2) is 8.57. The zero-order chi connectivity index (χ0) is 22.0. The third-order valence-electron chi connectivity index (χ3n) is 5.09. The molecule has 2 heterocycles. The lowest BCUT2D eigenvalue weighted by atomic mass is 10.1. The first-order valence-corrected chi connectivity index (χ1v) is 9.93. The highest BCUT2D eigenvalue weighted by atomic mass is 35.5. The highest BCUT2D eigenvalue weighted by Gasteiger charge is 2.35. The number of pyridine rings is 1. The zero-order valence-corrected chi connectivity index (χ0v) is 17.0. The van der Waals surface area contributed by atoms with Gasteiger partial charge in [-0.3, -0.25) is 14.6 Å². The molecule has 0 spiro atoms. The molecule has 2 N–H and O–H groups in total.